The number of rotatable bonds is 5. The van der Waals surface area contributed by atoms with Crippen LogP contribution in [0.4, 0.5) is 5.95 Å². The largest absolute Gasteiger partial charge is 0.368 e. The maximum Gasteiger partial charge on any atom is 0.244 e. The lowest BCUT2D eigenvalue weighted by Crippen LogP contribution is -2.55. The third-order valence-corrected chi connectivity index (χ3v) is 3.78. The van der Waals surface area contributed by atoms with Gasteiger partial charge in [-0.1, -0.05) is 12.8 Å². The smallest absolute Gasteiger partial charge is 0.244 e. The van der Waals surface area contributed by atoms with Crippen molar-refractivity contribution in [1.82, 2.24) is 15.3 Å². The first-order valence-corrected chi connectivity index (χ1v) is 7.22. The van der Waals surface area contributed by atoms with Crippen LogP contribution in [0.25, 0.3) is 6.08 Å². The Bertz CT molecular complexity index is 574. The van der Waals surface area contributed by atoms with E-state index in [1.165, 1.54) is 6.08 Å². The summed E-state index contributed by atoms with van der Waals surface area (Å²) >= 11 is 0. The van der Waals surface area contributed by atoms with Gasteiger partial charge in [0.25, 0.3) is 0 Å². The number of hydrogen-bond donors (Lipinski definition) is 2. The molecule has 1 aliphatic carbocycles. The first-order chi connectivity index (χ1) is 10.4. The van der Waals surface area contributed by atoms with Crippen molar-refractivity contribution in [2.45, 2.75) is 31.2 Å². The SMILES string of the molecule is CN(C)c1ncc(C=CC(=O)NC2(C(N)=O)CCCC2)cn1. The minimum Gasteiger partial charge on any atom is -0.368 e. The fourth-order valence-electron chi connectivity index (χ4n) is 2.51. The van der Waals surface area contributed by atoms with E-state index in [9.17, 15) is 9.59 Å². The number of primary amides is 1. The molecule has 7 nitrogen and oxygen atoms in total. The standard InChI is InChI=1S/C15H21N5O2/c1-20(2)14-17-9-11(10-18-14)5-6-12(21)19-15(13(16)22)7-3-4-8-15/h5-6,9-10H,3-4,7-8H2,1-2H3,(H2,16,22)(H,19,21). The second kappa shape index (κ2) is 6.55. The Hall–Kier alpha value is -2.44. The first-order valence-electron chi connectivity index (χ1n) is 7.22. The van der Waals surface area contributed by atoms with Crippen LogP contribution in [-0.2, 0) is 9.59 Å². The van der Waals surface area contributed by atoms with Gasteiger partial charge in [-0.05, 0) is 18.9 Å². The summed E-state index contributed by atoms with van der Waals surface area (Å²) in [6.45, 7) is 0. The van der Waals surface area contributed by atoms with E-state index in [0.29, 0.717) is 24.4 Å². The molecule has 2 rings (SSSR count). The highest BCUT2D eigenvalue weighted by molar-refractivity contribution is 5.97. The summed E-state index contributed by atoms with van der Waals surface area (Å²) in [5.74, 6) is -0.206. The molecule has 7 heteroatoms. The third-order valence-electron chi connectivity index (χ3n) is 3.78. The van der Waals surface area contributed by atoms with Crippen LogP contribution in [0, 0.1) is 0 Å². The number of carbonyl (C=O) groups is 2. The van der Waals surface area contributed by atoms with E-state index >= 15 is 0 Å². The van der Waals surface area contributed by atoms with Gasteiger partial charge in [0.2, 0.25) is 17.8 Å². The minimum absolute atomic E-state index is 0.336. The molecule has 0 atom stereocenters. The predicted molar refractivity (Wildman–Crippen MR) is 83.9 cm³/mol. The zero-order chi connectivity index (χ0) is 16.2. The third kappa shape index (κ3) is 3.60. The number of nitrogens with one attached hydrogen (secondary N) is 1. The number of nitrogens with two attached hydrogens (primary N) is 1. The molecule has 118 valence electrons. The Balaban J connectivity index is 2.00. The topological polar surface area (TPSA) is 101 Å². The second-order valence-corrected chi connectivity index (χ2v) is 5.69. The van der Waals surface area contributed by atoms with Gasteiger partial charge in [-0.3, -0.25) is 9.59 Å². The van der Waals surface area contributed by atoms with Crippen molar-refractivity contribution in [2.75, 3.05) is 19.0 Å². The molecule has 0 aromatic carbocycles. The molecule has 1 aliphatic rings. The number of nitrogens with zero attached hydrogens (tertiary/aromatic N) is 3. The lowest BCUT2D eigenvalue weighted by Gasteiger charge is -2.25. The molecule has 0 aliphatic heterocycles. The summed E-state index contributed by atoms with van der Waals surface area (Å²) in [6, 6.07) is 0. The van der Waals surface area contributed by atoms with Gasteiger partial charge < -0.3 is 16.0 Å². The highest BCUT2D eigenvalue weighted by Gasteiger charge is 2.40. The van der Waals surface area contributed by atoms with Crippen LogP contribution in [0.3, 0.4) is 0 Å². The molecule has 0 spiro atoms. The van der Waals surface area contributed by atoms with E-state index in [-0.39, 0.29) is 5.91 Å². The molecule has 1 fully saturated rings. The van der Waals surface area contributed by atoms with Gasteiger partial charge >= 0.3 is 0 Å². The summed E-state index contributed by atoms with van der Waals surface area (Å²) in [5, 5.41) is 2.74. The van der Waals surface area contributed by atoms with Crippen molar-refractivity contribution in [3.05, 3.63) is 24.0 Å². The van der Waals surface area contributed by atoms with E-state index in [1.807, 2.05) is 14.1 Å². The second-order valence-electron chi connectivity index (χ2n) is 5.69. The summed E-state index contributed by atoms with van der Waals surface area (Å²) < 4.78 is 0. The zero-order valence-corrected chi connectivity index (χ0v) is 12.9. The Kier molecular flexibility index (Phi) is 4.75. The van der Waals surface area contributed by atoms with Crippen LogP contribution in [0.5, 0.6) is 0 Å². The van der Waals surface area contributed by atoms with Gasteiger partial charge in [0, 0.05) is 38.1 Å². The summed E-state index contributed by atoms with van der Waals surface area (Å²) in [6.07, 6.45) is 9.23. The van der Waals surface area contributed by atoms with E-state index in [2.05, 4.69) is 15.3 Å². The average Bonchev–Trinajstić information content (AvgIpc) is 2.95. The van der Waals surface area contributed by atoms with Gasteiger partial charge in [0.1, 0.15) is 5.54 Å². The highest BCUT2D eigenvalue weighted by Crippen LogP contribution is 2.29. The van der Waals surface area contributed by atoms with E-state index in [1.54, 1.807) is 23.4 Å². The quantitative estimate of drug-likeness (QED) is 0.770. The fraction of sp³-hybridized carbons (Fsp3) is 0.467. The Labute approximate surface area is 129 Å². The minimum atomic E-state index is -0.896. The molecular weight excluding hydrogens is 282 g/mol. The van der Waals surface area contributed by atoms with Crippen LogP contribution >= 0.6 is 0 Å². The van der Waals surface area contributed by atoms with Crippen molar-refractivity contribution in [3.63, 3.8) is 0 Å². The highest BCUT2D eigenvalue weighted by atomic mass is 16.2. The van der Waals surface area contributed by atoms with Crippen LogP contribution in [0.1, 0.15) is 31.2 Å². The van der Waals surface area contributed by atoms with Gasteiger partial charge in [-0.2, -0.15) is 0 Å². The van der Waals surface area contributed by atoms with Crippen molar-refractivity contribution in [1.29, 1.82) is 0 Å². The van der Waals surface area contributed by atoms with Crippen molar-refractivity contribution in [2.24, 2.45) is 5.73 Å². The molecule has 0 bridgehead atoms. The average molecular weight is 303 g/mol. The lowest BCUT2D eigenvalue weighted by atomic mass is 9.96. The lowest BCUT2D eigenvalue weighted by molar-refractivity contribution is -0.129. The molecule has 0 saturated heterocycles. The monoisotopic (exact) mass is 303 g/mol. The molecule has 3 N–H and O–H groups in total. The molecule has 22 heavy (non-hydrogen) atoms. The Morgan fingerprint density at radius 3 is 2.36 bits per heavy atom. The molecule has 0 unspecified atom stereocenters. The maximum atomic E-state index is 12.0. The number of amides is 2. The van der Waals surface area contributed by atoms with Crippen molar-refractivity contribution >= 4 is 23.8 Å². The summed E-state index contributed by atoms with van der Waals surface area (Å²) in [4.78, 5) is 33.7. The normalized spacial score (nSPS) is 16.6. The summed E-state index contributed by atoms with van der Waals surface area (Å²) in [5.41, 5.74) is 5.24. The molecule has 0 radical (unpaired) electrons. The molecule has 2 amide bonds. The Morgan fingerprint density at radius 2 is 1.86 bits per heavy atom. The number of anilines is 1. The van der Waals surface area contributed by atoms with Crippen LogP contribution in [-0.4, -0.2) is 41.4 Å². The van der Waals surface area contributed by atoms with Crippen LogP contribution in [0.15, 0.2) is 18.5 Å². The fourth-order valence-corrected chi connectivity index (χ4v) is 2.51. The molecule has 1 heterocycles. The zero-order valence-electron chi connectivity index (χ0n) is 12.9. The van der Waals surface area contributed by atoms with Gasteiger partial charge in [0.05, 0.1) is 0 Å². The van der Waals surface area contributed by atoms with Gasteiger partial charge in [-0.15, -0.1) is 0 Å². The van der Waals surface area contributed by atoms with Gasteiger partial charge in [-0.25, -0.2) is 9.97 Å². The maximum absolute atomic E-state index is 12.0. The molecule has 1 aromatic rings. The van der Waals surface area contributed by atoms with E-state index < -0.39 is 11.4 Å². The van der Waals surface area contributed by atoms with Crippen LogP contribution in [0.2, 0.25) is 0 Å². The molecular formula is C15H21N5O2. The van der Waals surface area contributed by atoms with E-state index in [0.717, 1.165) is 12.8 Å². The van der Waals surface area contributed by atoms with Crippen molar-refractivity contribution in [3.8, 4) is 0 Å². The molecule has 1 aromatic heterocycles. The number of aromatic nitrogens is 2. The number of hydrogen-bond acceptors (Lipinski definition) is 5. The number of carbonyl (C=O) groups excluding carboxylic acids is 2. The van der Waals surface area contributed by atoms with Crippen molar-refractivity contribution < 1.29 is 9.59 Å². The Morgan fingerprint density at radius 1 is 1.27 bits per heavy atom. The van der Waals surface area contributed by atoms with Gasteiger partial charge in [0.15, 0.2) is 0 Å². The molecule has 1 saturated carbocycles. The predicted octanol–water partition coefficient (Wildman–Crippen LogP) is 0.470. The first kappa shape index (κ1) is 15.9. The summed E-state index contributed by atoms with van der Waals surface area (Å²) in [7, 11) is 3.70. The van der Waals surface area contributed by atoms with E-state index in [4.69, 9.17) is 5.73 Å². The van der Waals surface area contributed by atoms with Crippen LogP contribution < -0.4 is 16.0 Å².